The van der Waals surface area contributed by atoms with Crippen LogP contribution in [0.2, 0.25) is 0 Å². The molecule has 0 saturated heterocycles. The molecule has 1 amide bonds. The number of rotatable bonds is 7. The second-order valence-corrected chi connectivity index (χ2v) is 6.59. The molecule has 1 aromatic carbocycles. The monoisotopic (exact) mass is 293 g/mol. The Labute approximate surface area is 128 Å². The van der Waals surface area contributed by atoms with Crippen LogP contribution in [0.4, 0.5) is 4.39 Å². The maximum Gasteiger partial charge on any atom is 0.256 e. The second-order valence-electron chi connectivity index (χ2n) is 6.59. The Morgan fingerprint density at radius 3 is 2.10 bits per heavy atom. The van der Waals surface area contributed by atoms with Crippen molar-refractivity contribution in [2.75, 3.05) is 13.1 Å². The minimum absolute atomic E-state index is 0.183. The number of aryl methyl sites for hydroxylation is 1. The number of hydrogen-bond donors (Lipinski definition) is 0. The Bertz CT molecular complexity index is 456. The van der Waals surface area contributed by atoms with Gasteiger partial charge in [0.2, 0.25) is 0 Å². The molecule has 21 heavy (non-hydrogen) atoms. The predicted molar refractivity (Wildman–Crippen MR) is 86.0 cm³/mol. The van der Waals surface area contributed by atoms with Gasteiger partial charge in [0.05, 0.1) is 5.56 Å². The molecule has 0 aliphatic heterocycles. The van der Waals surface area contributed by atoms with Crippen molar-refractivity contribution in [3.05, 3.63) is 35.1 Å². The Morgan fingerprint density at radius 2 is 1.62 bits per heavy atom. The number of carbonyl (C=O) groups is 1. The standard InChI is InChI=1S/C18H28FNO/c1-13(2)9-11-20(12-10-14(3)4)18(21)16-8-6-7-15(5)17(16)19/h6-8,13-14H,9-12H2,1-5H3. The molecule has 0 heterocycles. The lowest BCUT2D eigenvalue weighted by molar-refractivity contribution is 0.0736. The molecule has 2 nitrogen and oxygen atoms in total. The van der Waals surface area contributed by atoms with Crippen LogP contribution in [0.25, 0.3) is 0 Å². The fraction of sp³-hybridized carbons (Fsp3) is 0.611. The third-order valence-corrected chi connectivity index (χ3v) is 3.66. The molecule has 0 saturated carbocycles. The van der Waals surface area contributed by atoms with Gasteiger partial charge in [0.1, 0.15) is 5.82 Å². The predicted octanol–water partition coefficient (Wildman–Crippen LogP) is 4.67. The minimum Gasteiger partial charge on any atom is -0.339 e. The lowest BCUT2D eigenvalue weighted by Gasteiger charge is -2.25. The first-order chi connectivity index (χ1) is 9.82. The number of nitrogens with zero attached hydrogens (tertiary/aromatic N) is 1. The Morgan fingerprint density at radius 1 is 1.10 bits per heavy atom. The van der Waals surface area contributed by atoms with Crippen molar-refractivity contribution in [2.24, 2.45) is 11.8 Å². The zero-order chi connectivity index (χ0) is 16.0. The zero-order valence-corrected chi connectivity index (χ0v) is 13.9. The van der Waals surface area contributed by atoms with E-state index in [9.17, 15) is 9.18 Å². The number of halogens is 1. The zero-order valence-electron chi connectivity index (χ0n) is 13.9. The van der Waals surface area contributed by atoms with Crippen LogP contribution in [0, 0.1) is 24.6 Å². The summed E-state index contributed by atoms with van der Waals surface area (Å²) < 4.78 is 14.2. The summed E-state index contributed by atoms with van der Waals surface area (Å²) in [5.41, 5.74) is 0.719. The quantitative estimate of drug-likeness (QED) is 0.715. The van der Waals surface area contributed by atoms with Crippen LogP contribution >= 0.6 is 0 Å². The van der Waals surface area contributed by atoms with E-state index in [1.807, 2.05) is 0 Å². The molecule has 0 fully saturated rings. The first kappa shape index (κ1) is 17.7. The molecule has 0 N–H and O–H groups in total. The second kappa shape index (κ2) is 8.16. The molecule has 0 atom stereocenters. The van der Waals surface area contributed by atoms with Crippen molar-refractivity contribution in [3.63, 3.8) is 0 Å². The molecule has 0 spiro atoms. The van der Waals surface area contributed by atoms with Gasteiger partial charge < -0.3 is 4.90 Å². The topological polar surface area (TPSA) is 20.3 Å². The molecule has 0 radical (unpaired) electrons. The third kappa shape index (κ3) is 5.49. The maximum atomic E-state index is 14.2. The van der Waals surface area contributed by atoms with E-state index in [1.165, 1.54) is 0 Å². The van der Waals surface area contributed by atoms with Gasteiger partial charge in [-0.3, -0.25) is 4.79 Å². The molecule has 0 unspecified atom stereocenters. The van der Waals surface area contributed by atoms with Crippen LogP contribution in [0.5, 0.6) is 0 Å². The first-order valence-electron chi connectivity index (χ1n) is 7.87. The summed E-state index contributed by atoms with van der Waals surface area (Å²) in [5.74, 6) is 0.488. The van der Waals surface area contributed by atoms with Gasteiger partial charge in [-0.25, -0.2) is 4.39 Å². The van der Waals surface area contributed by atoms with Crippen molar-refractivity contribution in [2.45, 2.75) is 47.5 Å². The molecule has 0 aromatic heterocycles. The molecule has 0 aliphatic carbocycles. The fourth-order valence-corrected chi connectivity index (χ4v) is 2.13. The highest BCUT2D eigenvalue weighted by Gasteiger charge is 2.20. The largest absolute Gasteiger partial charge is 0.339 e. The van der Waals surface area contributed by atoms with Gasteiger partial charge in [-0.1, -0.05) is 39.8 Å². The van der Waals surface area contributed by atoms with E-state index < -0.39 is 0 Å². The first-order valence-corrected chi connectivity index (χ1v) is 7.87. The normalized spacial score (nSPS) is 11.2. The molecule has 1 aromatic rings. The fourth-order valence-electron chi connectivity index (χ4n) is 2.13. The Kier molecular flexibility index (Phi) is 6.86. The highest BCUT2D eigenvalue weighted by molar-refractivity contribution is 5.94. The summed E-state index contributed by atoms with van der Waals surface area (Å²) in [7, 11) is 0. The smallest absolute Gasteiger partial charge is 0.256 e. The van der Waals surface area contributed by atoms with Crippen LogP contribution in [0.15, 0.2) is 18.2 Å². The van der Waals surface area contributed by atoms with Gasteiger partial charge in [-0.15, -0.1) is 0 Å². The van der Waals surface area contributed by atoms with Gasteiger partial charge in [0, 0.05) is 13.1 Å². The lowest BCUT2D eigenvalue weighted by atomic mass is 10.1. The number of hydrogen-bond acceptors (Lipinski definition) is 1. The molecular formula is C18H28FNO. The summed E-state index contributed by atoms with van der Waals surface area (Å²) in [6.07, 6.45) is 1.88. The third-order valence-electron chi connectivity index (χ3n) is 3.66. The summed E-state index contributed by atoms with van der Waals surface area (Å²) in [6.45, 7) is 11.6. The van der Waals surface area contributed by atoms with E-state index in [0.717, 1.165) is 12.8 Å². The van der Waals surface area contributed by atoms with E-state index in [-0.39, 0.29) is 17.3 Å². The lowest BCUT2D eigenvalue weighted by Crippen LogP contribution is -2.34. The van der Waals surface area contributed by atoms with Crippen molar-refractivity contribution >= 4 is 5.91 Å². The SMILES string of the molecule is Cc1cccc(C(=O)N(CCC(C)C)CCC(C)C)c1F. The van der Waals surface area contributed by atoms with E-state index in [1.54, 1.807) is 30.0 Å². The summed E-state index contributed by atoms with van der Waals surface area (Å²) in [5, 5.41) is 0. The molecular weight excluding hydrogens is 265 g/mol. The Balaban J connectivity index is 2.89. The summed E-state index contributed by atoms with van der Waals surface area (Å²) >= 11 is 0. The Hall–Kier alpha value is -1.38. The molecule has 0 aliphatic rings. The van der Waals surface area contributed by atoms with Crippen molar-refractivity contribution in [1.29, 1.82) is 0 Å². The van der Waals surface area contributed by atoms with Crippen LogP contribution in [0.3, 0.4) is 0 Å². The van der Waals surface area contributed by atoms with Crippen LogP contribution in [0.1, 0.15) is 56.5 Å². The minimum atomic E-state index is -0.387. The highest BCUT2D eigenvalue weighted by Crippen LogP contribution is 2.16. The van der Waals surface area contributed by atoms with Crippen molar-refractivity contribution in [1.82, 2.24) is 4.90 Å². The van der Waals surface area contributed by atoms with Crippen LogP contribution in [-0.2, 0) is 0 Å². The number of benzene rings is 1. The molecule has 1 rings (SSSR count). The van der Waals surface area contributed by atoms with Gasteiger partial charge in [0.15, 0.2) is 0 Å². The van der Waals surface area contributed by atoms with Crippen molar-refractivity contribution < 1.29 is 9.18 Å². The average Bonchev–Trinajstić information content (AvgIpc) is 2.40. The summed E-state index contributed by atoms with van der Waals surface area (Å²) in [4.78, 5) is 14.4. The van der Waals surface area contributed by atoms with E-state index in [2.05, 4.69) is 27.7 Å². The van der Waals surface area contributed by atoms with Crippen LogP contribution in [-0.4, -0.2) is 23.9 Å². The van der Waals surface area contributed by atoms with Gasteiger partial charge in [-0.05, 0) is 43.2 Å². The van der Waals surface area contributed by atoms with E-state index in [0.29, 0.717) is 30.5 Å². The highest BCUT2D eigenvalue weighted by atomic mass is 19.1. The number of amides is 1. The molecule has 3 heteroatoms. The van der Waals surface area contributed by atoms with Crippen molar-refractivity contribution in [3.8, 4) is 0 Å². The molecule has 0 bridgehead atoms. The average molecular weight is 293 g/mol. The summed E-state index contributed by atoms with van der Waals surface area (Å²) in [6, 6.07) is 5.02. The van der Waals surface area contributed by atoms with E-state index >= 15 is 0 Å². The van der Waals surface area contributed by atoms with Gasteiger partial charge in [-0.2, -0.15) is 0 Å². The molecule has 118 valence electrons. The van der Waals surface area contributed by atoms with E-state index in [4.69, 9.17) is 0 Å². The van der Waals surface area contributed by atoms with Gasteiger partial charge in [0.25, 0.3) is 5.91 Å². The number of carbonyl (C=O) groups excluding carboxylic acids is 1. The van der Waals surface area contributed by atoms with Crippen LogP contribution < -0.4 is 0 Å². The van der Waals surface area contributed by atoms with Gasteiger partial charge >= 0.3 is 0 Å². The maximum absolute atomic E-state index is 14.2.